The number of nitrogens with zero attached hydrogens (tertiary/aromatic N) is 2. The lowest BCUT2D eigenvalue weighted by Crippen LogP contribution is -1.91. The maximum Gasteiger partial charge on any atom is 0.153 e. The molecule has 3 nitrogen and oxygen atoms in total. The quantitative estimate of drug-likeness (QED) is 0.837. The van der Waals surface area contributed by atoms with Crippen LogP contribution in [0.5, 0.6) is 0 Å². The van der Waals surface area contributed by atoms with Crippen molar-refractivity contribution in [2.75, 3.05) is 12.0 Å². The van der Waals surface area contributed by atoms with Crippen molar-refractivity contribution in [3.8, 4) is 11.1 Å². The minimum atomic E-state index is 0.502. The molecule has 0 aliphatic rings. The minimum Gasteiger partial charge on any atom is -0.382 e. The molecule has 0 aliphatic heterocycles. The van der Waals surface area contributed by atoms with Crippen molar-refractivity contribution >= 4 is 29.2 Å². The summed E-state index contributed by atoms with van der Waals surface area (Å²) in [6.07, 6.45) is 3.90. The number of aryl methyl sites for hydroxylation is 1. The third-order valence-electron chi connectivity index (χ3n) is 2.32. The zero-order valence-corrected chi connectivity index (χ0v) is 10.6. The van der Waals surface area contributed by atoms with Crippen molar-refractivity contribution in [2.45, 2.75) is 4.90 Å². The van der Waals surface area contributed by atoms with E-state index < -0.39 is 0 Å². The van der Waals surface area contributed by atoms with E-state index in [1.165, 1.54) is 0 Å². The van der Waals surface area contributed by atoms with Gasteiger partial charge in [-0.05, 0) is 24.5 Å². The fourth-order valence-corrected chi connectivity index (χ4v) is 2.21. The number of nitrogens with two attached hydrogens (primary N) is 1. The Labute approximate surface area is 104 Å². The van der Waals surface area contributed by atoms with Gasteiger partial charge in [0.1, 0.15) is 0 Å². The molecule has 0 amide bonds. The molecule has 2 aromatic rings. The van der Waals surface area contributed by atoms with E-state index in [-0.39, 0.29) is 0 Å². The lowest BCUT2D eigenvalue weighted by atomic mass is 10.1. The van der Waals surface area contributed by atoms with Crippen molar-refractivity contribution < 1.29 is 0 Å². The maximum absolute atomic E-state index is 6.17. The molecule has 0 radical (unpaired) electrons. The normalized spacial score (nSPS) is 10.7. The Hall–Kier alpha value is -1.13. The number of thioether (sulfide) groups is 1. The molecular formula is C11H12ClN3S. The molecule has 5 heteroatoms. The Kier molecular flexibility index (Phi) is 3.12. The van der Waals surface area contributed by atoms with Gasteiger partial charge in [-0.1, -0.05) is 11.6 Å². The Balaban J connectivity index is 2.58. The van der Waals surface area contributed by atoms with E-state index in [4.69, 9.17) is 17.3 Å². The first kappa shape index (κ1) is 11.4. The second kappa shape index (κ2) is 4.39. The standard InChI is InChI=1S/C11H12ClN3S/c1-15-6-9(11(13)14-15)8-5-7(16-2)3-4-10(8)12/h3-6H,1-2H3,(H2,13,14). The van der Waals surface area contributed by atoms with Gasteiger partial charge in [-0.25, -0.2) is 0 Å². The Morgan fingerprint density at radius 3 is 2.69 bits per heavy atom. The largest absolute Gasteiger partial charge is 0.382 e. The molecule has 0 unspecified atom stereocenters. The van der Waals surface area contributed by atoms with Crippen LogP contribution in [0.2, 0.25) is 5.02 Å². The molecule has 1 heterocycles. The summed E-state index contributed by atoms with van der Waals surface area (Å²) in [6, 6.07) is 5.90. The second-order valence-corrected chi connectivity index (χ2v) is 4.73. The summed E-state index contributed by atoms with van der Waals surface area (Å²) >= 11 is 7.84. The van der Waals surface area contributed by atoms with Crippen molar-refractivity contribution in [2.24, 2.45) is 7.05 Å². The summed E-state index contributed by atoms with van der Waals surface area (Å²) in [5, 5.41) is 4.81. The van der Waals surface area contributed by atoms with E-state index in [0.29, 0.717) is 10.8 Å². The summed E-state index contributed by atoms with van der Waals surface area (Å²) in [5.74, 6) is 0.502. The van der Waals surface area contributed by atoms with Gasteiger partial charge >= 0.3 is 0 Å². The third kappa shape index (κ3) is 2.03. The monoisotopic (exact) mass is 253 g/mol. The molecule has 0 aliphatic carbocycles. The summed E-state index contributed by atoms with van der Waals surface area (Å²) in [6.45, 7) is 0. The van der Waals surface area contributed by atoms with Gasteiger partial charge in [0.25, 0.3) is 0 Å². The van der Waals surface area contributed by atoms with Crippen LogP contribution in [0.4, 0.5) is 5.82 Å². The number of benzene rings is 1. The van der Waals surface area contributed by atoms with Crippen LogP contribution in [0.15, 0.2) is 29.3 Å². The minimum absolute atomic E-state index is 0.502. The molecule has 84 valence electrons. The highest BCUT2D eigenvalue weighted by atomic mass is 35.5. The molecular weight excluding hydrogens is 242 g/mol. The molecule has 1 aromatic carbocycles. The van der Waals surface area contributed by atoms with Gasteiger partial charge in [0.15, 0.2) is 5.82 Å². The van der Waals surface area contributed by atoms with Crippen LogP contribution in [-0.4, -0.2) is 16.0 Å². The van der Waals surface area contributed by atoms with E-state index in [9.17, 15) is 0 Å². The summed E-state index contributed by atoms with van der Waals surface area (Å²) in [5.41, 5.74) is 7.64. The first-order chi connectivity index (χ1) is 7.61. The summed E-state index contributed by atoms with van der Waals surface area (Å²) in [4.78, 5) is 1.16. The molecule has 0 bridgehead atoms. The van der Waals surface area contributed by atoms with Gasteiger partial charge in [-0.15, -0.1) is 11.8 Å². The molecule has 0 saturated heterocycles. The van der Waals surface area contributed by atoms with Crippen LogP contribution in [0.1, 0.15) is 0 Å². The summed E-state index contributed by atoms with van der Waals surface area (Å²) in [7, 11) is 1.84. The zero-order valence-electron chi connectivity index (χ0n) is 9.07. The fraction of sp³-hybridized carbons (Fsp3) is 0.182. The summed E-state index contributed by atoms with van der Waals surface area (Å²) < 4.78 is 1.69. The topological polar surface area (TPSA) is 43.8 Å². The van der Waals surface area contributed by atoms with E-state index in [1.54, 1.807) is 16.4 Å². The van der Waals surface area contributed by atoms with Crippen LogP contribution >= 0.6 is 23.4 Å². The average Bonchev–Trinajstić information content (AvgIpc) is 2.58. The predicted molar refractivity (Wildman–Crippen MR) is 69.8 cm³/mol. The van der Waals surface area contributed by atoms with E-state index >= 15 is 0 Å². The van der Waals surface area contributed by atoms with Gasteiger partial charge in [-0.3, -0.25) is 4.68 Å². The van der Waals surface area contributed by atoms with Crippen LogP contribution in [0, 0.1) is 0 Å². The lowest BCUT2D eigenvalue weighted by Gasteiger charge is -2.04. The highest BCUT2D eigenvalue weighted by Gasteiger charge is 2.11. The van der Waals surface area contributed by atoms with Gasteiger partial charge < -0.3 is 5.73 Å². The number of rotatable bonds is 2. The lowest BCUT2D eigenvalue weighted by molar-refractivity contribution is 0.772. The highest BCUT2D eigenvalue weighted by Crippen LogP contribution is 2.34. The van der Waals surface area contributed by atoms with E-state index in [0.717, 1.165) is 16.0 Å². The van der Waals surface area contributed by atoms with Crippen LogP contribution < -0.4 is 5.73 Å². The smallest absolute Gasteiger partial charge is 0.153 e. The Morgan fingerprint density at radius 2 is 2.12 bits per heavy atom. The number of hydrogen-bond donors (Lipinski definition) is 1. The van der Waals surface area contributed by atoms with Crippen LogP contribution in [-0.2, 0) is 7.05 Å². The molecule has 0 fully saturated rings. The number of nitrogen functional groups attached to an aromatic ring is 1. The van der Waals surface area contributed by atoms with Crippen molar-refractivity contribution in [3.05, 3.63) is 29.4 Å². The SMILES string of the molecule is CSc1ccc(Cl)c(-c2cn(C)nc2N)c1. The van der Waals surface area contributed by atoms with E-state index in [1.807, 2.05) is 37.7 Å². The van der Waals surface area contributed by atoms with Crippen LogP contribution in [0.3, 0.4) is 0 Å². The molecule has 0 spiro atoms. The Morgan fingerprint density at radius 1 is 1.38 bits per heavy atom. The van der Waals surface area contributed by atoms with Gasteiger partial charge in [0, 0.05) is 34.3 Å². The molecule has 0 saturated carbocycles. The van der Waals surface area contributed by atoms with Gasteiger partial charge in [-0.2, -0.15) is 5.10 Å². The van der Waals surface area contributed by atoms with Crippen molar-refractivity contribution in [1.29, 1.82) is 0 Å². The van der Waals surface area contributed by atoms with Gasteiger partial charge in [0.2, 0.25) is 0 Å². The van der Waals surface area contributed by atoms with Crippen LogP contribution in [0.25, 0.3) is 11.1 Å². The zero-order chi connectivity index (χ0) is 11.7. The number of halogens is 1. The average molecular weight is 254 g/mol. The van der Waals surface area contributed by atoms with Gasteiger partial charge in [0.05, 0.1) is 0 Å². The third-order valence-corrected chi connectivity index (χ3v) is 3.38. The Bertz CT molecular complexity index is 522. The number of anilines is 1. The van der Waals surface area contributed by atoms with E-state index in [2.05, 4.69) is 5.10 Å². The number of hydrogen-bond acceptors (Lipinski definition) is 3. The second-order valence-electron chi connectivity index (χ2n) is 3.45. The van der Waals surface area contributed by atoms with Crippen molar-refractivity contribution in [1.82, 2.24) is 9.78 Å². The maximum atomic E-state index is 6.17. The van der Waals surface area contributed by atoms with Crippen molar-refractivity contribution in [3.63, 3.8) is 0 Å². The molecule has 1 aromatic heterocycles. The molecule has 2 rings (SSSR count). The highest BCUT2D eigenvalue weighted by molar-refractivity contribution is 7.98. The molecule has 0 atom stereocenters. The fourth-order valence-electron chi connectivity index (χ4n) is 1.55. The predicted octanol–water partition coefficient (Wildman–Crippen LogP) is 3.04. The molecule has 2 N–H and O–H groups in total. The molecule has 16 heavy (non-hydrogen) atoms. The number of aromatic nitrogens is 2. The first-order valence-corrected chi connectivity index (χ1v) is 6.35. The first-order valence-electron chi connectivity index (χ1n) is 4.75.